The molecule has 3 aliphatic rings. The second-order valence-electron chi connectivity index (χ2n) is 9.96. The number of morpholine rings is 1. The van der Waals surface area contributed by atoms with Gasteiger partial charge in [0, 0.05) is 57.7 Å². The molecule has 0 saturated carbocycles. The molecule has 180 valence electrons. The van der Waals surface area contributed by atoms with Crippen LogP contribution >= 0.6 is 0 Å². The summed E-state index contributed by atoms with van der Waals surface area (Å²) >= 11 is 0. The minimum atomic E-state index is -0.357. The number of ether oxygens (including phenoxy) is 1. The van der Waals surface area contributed by atoms with Crippen LogP contribution in [0, 0.1) is 0 Å². The lowest BCUT2D eigenvalue weighted by Crippen LogP contribution is -2.53. The monoisotopic (exact) mass is 461 g/mol. The molecule has 2 aromatic rings. The van der Waals surface area contributed by atoms with Crippen LogP contribution in [0.3, 0.4) is 0 Å². The summed E-state index contributed by atoms with van der Waals surface area (Å²) < 4.78 is 5.49. The lowest BCUT2D eigenvalue weighted by atomic mass is 9.78. The zero-order valence-electron chi connectivity index (χ0n) is 20.1. The van der Waals surface area contributed by atoms with E-state index in [9.17, 15) is 9.59 Å². The third-order valence-corrected chi connectivity index (χ3v) is 8.04. The van der Waals surface area contributed by atoms with E-state index in [1.54, 1.807) is 0 Å². The minimum Gasteiger partial charge on any atom is -0.379 e. The van der Waals surface area contributed by atoms with E-state index in [0.717, 1.165) is 63.2 Å². The topological polar surface area (TPSA) is 53.1 Å². The summed E-state index contributed by atoms with van der Waals surface area (Å²) in [5.74, 6) is 0.378. The summed E-state index contributed by atoms with van der Waals surface area (Å²) in [6, 6.07) is 18.4. The molecule has 0 unspecified atom stereocenters. The highest BCUT2D eigenvalue weighted by molar-refractivity contribution is 5.96. The average Bonchev–Trinajstić information content (AvgIpc) is 3.21. The Kier molecular flexibility index (Phi) is 6.70. The molecular formula is C28H35N3O3. The Labute approximate surface area is 202 Å². The third-order valence-electron chi connectivity index (χ3n) is 8.04. The van der Waals surface area contributed by atoms with Crippen LogP contribution in [0.1, 0.15) is 53.1 Å². The van der Waals surface area contributed by atoms with Crippen LogP contribution in [0.4, 0.5) is 0 Å². The van der Waals surface area contributed by atoms with E-state index in [1.165, 1.54) is 5.56 Å². The van der Waals surface area contributed by atoms with Crippen LogP contribution in [-0.2, 0) is 16.1 Å². The molecule has 0 radical (unpaired) electrons. The fourth-order valence-corrected chi connectivity index (χ4v) is 6.07. The summed E-state index contributed by atoms with van der Waals surface area (Å²) in [5, 5.41) is 0. The number of rotatable bonds is 4. The quantitative estimate of drug-likeness (QED) is 0.699. The minimum absolute atomic E-state index is 0.0757. The van der Waals surface area contributed by atoms with Crippen LogP contribution in [0.5, 0.6) is 0 Å². The van der Waals surface area contributed by atoms with Gasteiger partial charge >= 0.3 is 0 Å². The van der Waals surface area contributed by atoms with Gasteiger partial charge in [-0.05, 0) is 30.0 Å². The van der Waals surface area contributed by atoms with Crippen molar-refractivity contribution in [3.05, 3.63) is 71.3 Å². The molecule has 3 heterocycles. The number of amides is 2. The Balaban J connectivity index is 1.46. The van der Waals surface area contributed by atoms with Crippen LogP contribution in [0.25, 0.3) is 0 Å². The average molecular weight is 462 g/mol. The Morgan fingerprint density at radius 1 is 1.03 bits per heavy atom. The number of benzene rings is 2. The second kappa shape index (κ2) is 9.88. The maximum absolute atomic E-state index is 14.0. The van der Waals surface area contributed by atoms with Crippen LogP contribution in [0.15, 0.2) is 54.6 Å². The molecule has 3 saturated heterocycles. The number of nitrogens with zero attached hydrogens (tertiary/aromatic N) is 3. The summed E-state index contributed by atoms with van der Waals surface area (Å²) in [4.78, 5) is 33.3. The van der Waals surface area contributed by atoms with Crippen LogP contribution in [0.2, 0.25) is 0 Å². The molecule has 2 atom stereocenters. The Bertz CT molecular complexity index is 1020. The van der Waals surface area contributed by atoms with Gasteiger partial charge in [0.05, 0.1) is 18.8 Å². The van der Waals surface area contributed by atoms with Crippen molar-refractivity contribution in [3.8, 4) is 0 Å². The van der Waals surface area contributed by atoms with Gasteiger partial charge in [0.1, 0.15) is 0 Å². The van der Waals surface area contributed by atoms with Gasteiger partial charge in [0.25, 0.3) is 5.91 Å². The summed E-state index contributed by atoms with van der Waals surface area (Å²) in [7, 11) is 1.95. The van der Waals surface area contributed by atoms with Crippen molar-refractivity contribution >= 4 is 11.8 Å². The molecule has 5 rings (SSSR count). The molecule has 0 aliphatic carbocycles. The van der Waals surface area contributed by atoms with Gasteiger partial charge in [-0.3, -0.25) is 14.5 Å². The maximum atomic E-state index is 14.0. The van der Waals surface area contributed by atoms with Crippen LogP contribution in [-0.4, -0.2) is 78.5 Å². The van der Waals surface area contributed by atoms with Crippen molar-refractivity contribution in [2.24, 2.45) is 0 Å². The van der Waals surface area contributed by atoms with Gasteiger partial charge in [-0.15, -0.1) is 0 Å². The van der Waals surface area contributed by atoms with Crippen molar-refractivity contribution in [1.82, 2.24) is 14.7 Å². The van der Waals surface area contributed by atoms with E-state index in [4.69, 9.17) is 4.74 Å². The maximum Gasteiger partial charge on any atom is 0.254 e. The van der Waals surface area contributed by atoms with E-state index in [0.29, 0.717) is 19.5 Å². The van der Waals surface area contributed by atoms with E-state index >= 15 is 0 Å². The molecule has 0 aromatic heterocycles. The Hall–Kier alpha value is -2.70. The van der Waals surface area contributed by atoms with Crippen molar-refractivity contribution in [3.63, 3.8) is 0 Å². The standard InChI is InChI=1S/C28H35N3O3/c1-29-26(32)13-7-8-14-28(29)21-31(20-25(28)22-9-3-2-4-10-22)27(33)24-12-6-5-11-23(24)19-30-15-17-34-18-16-30/h2-6,9-12,25H,7-8,13-21H2,1H3/t25-,28+/m0/s1. The van der Waals surface area contributed by atoms with Gasteiger partial charge in [0.15, 0.2) is 0 Å². The smallest absolute Gasteiger partial charge is 0.254 e. The molecular weight excluding hydrogens is 426 g/mol. The molecule has 0 bridgehead atoms. The first kappa shape index (κ1) is 23.1. The number of carbonyl (C=O) groups is 2. The summed E-state index contributed by atoms with van der Waals surface area (Å²) in [5.41, 5.74) is 2.70. The molecule has 6 nitrogen and oxygen atoms in total. The molecule has 3 fully saturated rings. The van der Waals surface area contributed by atoms with Gasteiger partial charge in [-0.1, -0.05) is 55.0 Å². The Morgan fingerprint density at radius 2 is 1.76 bits per heavy atom. The Morgan fingerprint density at radius 3 is 2.56 bits per heavy atom. The number of carbonyl (C=O) groups excluding carboxylic acids is 2. The fourth-order valence-electron chi connectivity index (χ4n) is 6.07. The first-order valence-electron chi connectivity index (χ1n) is 12.6. The van der Waals surface area contributed by atoms with E-state index < -0.39 is 0 Å². The zero-order chi connectivity index (χ0) is 23.5. The van der Waals surface area contributed by atoms with Gasteiger partial charge in [0.2, 0.25) is 5.91 Å². The van der Waals surface area contributed by atoms with E-state index in [-0.39, 0.29) is 23.3 Å². The van der Waals surface area contributed by atoms with Gasteiger partial charge < -0.3 is 14.5 Å². The molecule has 2 aromatic carbocycles. The van der Waals surface area contributed by atoms with Crippen molar-refractivity contribution in [1.29, 1.82) is 0 Å². The second-order valence-corrected chi connectivity index (χ2v) is 9.96. The van der Waals surface area contributed by atoms with Gasteiger partial charge in [-0.25, -0.2) is 0 Å². The zero-order valence-corrected chi connectivity index (χ0v) is 20.1. The highest BCUT2D eigenvalue weighted by Crippen LogP contribution is 2.45. The van der Waals surface area contributed by atoms with E-state index in [2.05, 4.69) is 35.2 Å². The molecule has 3 aliphatic heterocycles. The fraction of sp³-hybridized carbons (Fsp3) is 0.500. The lowest BCUT2D eigenvalue weighted by molar-refractivity contribution is -0.134. The normalized spacial score (nSPS) is 26.1. The van der Waals surface area contributed by atoms with Crippen LogP contribution < -0.4 is 0 Å². The third kappa shape index (κ3) is 4.37. The number of likely N-dealkylation sites (N-methyl/N-ethyl adjacent to an activating group) is 1. The molecule has 2 amide bonds. The molecule has 0 N–H and O–H groups in total. The van der Waals surface area contributed by atoms with E-state index in [1.807, 2.05) is 41.1 Å². The molecule has 6 heteroatoms. The number of hydrogen-bond acceptors (Lipinski definition) is 4. The molecule has 1 spiro atoms. The number of likely N-dealkylation sites (tertiary alicyclic amines) is 2. The molecule has 34 heavy (non-hydrogen) atoms. The van der Waals surface area contributed by atoms with Gasteiger partial charge in [-0.2, -0.15) is 0 Å². The van der Waals surface area contributed by atoms with Crippen molar-refractivity contribution < 1.29 is 14.3 Å². The predicted molar refractivity (Wildman–Crippen MR) is 132 cm³/mol. The predicted octanol–water partition coefficient (Wildman–Crippen LogP) is 3.53. The highest BCUT2D eigenvalue weighted by Gasteiger charge is 2.53. The SMILES string of the molecule is CN1C(=O)CCCC[C@]12CN(C(=O)c1ccccc1CN1CCOCC1)C[C@H]2c1ccccc1. The first-order valence-corrected chi connectivity index (χ1v) is 12.6. The summed E-state index contributed by atoms with van der Waals surface area (Å²) in [6.45, 7) is 5.22. The van der Waals surface area contributed by atoms with Crippen molar-refractivity contribution in [2.75, 3.05) is 46.4 Å². The largest absolute Gasteiger partial charge is 0.379 e. The summed E-state index contributed by atoms with van der Waals surface area (Å²) in [6.07, 6.45) is 3.45. The number of hydrogen-bond donors (Lipinski definition) is 0. The first-order chi connectivity index (χ1) is 16.6. The van der Waals surface area contributed by atoms with Crippen molar-refractivity contribution in [2.45, 2.75) is 43.7 Å². The highest BCUT2D eigenvalue weighted by atomic mass is 16.5. The lowest BCUT2D eigenvalue weighted by Gasteiger charge is -2.42.